The minimum absolute atomic E-state index is 0.0174. The molecule has 28 heavy (non-hydrogen) atoms. The second-order valence-electron chi connectivity index (χ2n) is 6.43. The first-order valence-corrected chi connectivity index (χ1v) is 11.3. The molecule has 0 atom stereocenters. The lowest BCUT2D eigenvalue weighted by Gasteiger charge is -2.11. The Kier molecular flexibility index (Phi) is 6.65. The van der Waals surface area contributed by atoms with Crippen molar-refractivity contribution in [3.05, 3.63) is 48.5 Å². The van der Waals surface area contributed by atoms with Crippen molar-refractivity contribution in [2.75, 3.05) is 16.6 Å². The first-order valence-electron chi connectivity index (χ1n) is 8.28. The van der Waals surface area contributed by atoms with Crippen LogP contribution in [-0.4, -0.2) is 29.4 Å². The SMILES string of the molecule is CC(C)CNC(=O)Nc1ccc(S(=O)(=O)Nc2ccc(S(N)(=O)=O)cc2)cc1. The number of rotatable bonds is 7. The van der Waals surface area contributed by atoms with Crippen LogP contribution in [0.4, 0.5) is 16.2 Å². The molecule has 0 aromatic heterocycles. The molecule has 0 radical (unpaired) electrons. The Morgan fingerprint density at radius 3 is 1.89 bits per heavy atom. The van der Waals surface area contributed by atoms with Gasteiger partial charge in [0, 0.05) is 17.9 Å². The van der Waals surface area contributed by atoms with Gasteiger partial charge in [-0.1, -0.05) is 13.8 Å². The van der Waals surface area contributed by atoms with Crippen LogP contribution in [-0.2, 0) is 20.0 Å². The maximum Gasteiger partial charge on any atom is 0.319 e. The highest BCUT2D eigenvalue weighted by atomic mass is 32.2. The Labute approximate surface area is 164 Å². The van der Waals surface area contributed by atoms with E-state index in [1.165, 1.54) is 48.5 Å². The van der Waals surface area contributed by atoms with E-state index in [2.05, 4.69) is 15.4 Å². The second-order valence-corrected chi connectivity index (χ2v) is 9.67. The minimum atomic E-state index is -3.89. The average Bonchev–Trinajstić information content (AvgIpc) is 2.60. The number of amides is 2. The van der Waals surface area contributed by atoms with E-state index in [1.54, 1.807) is 0 Å². The third-order valence-corrected chi connectivity index (χ3v) is 5.85. The smallest absolute Gasteiger partial charge is 0.319 e. The second kappa shape index (κ2) is 8.59. The van der Waals surface area contributed by atoms with Crippen LogP contribution in [0.2, 0.25) is 0 Å². The van der Waals surface area contributed by atoms with Gasteiger partial charge in [0.2, 0.25) is 10.0 Å². The molecule has 0 bridgehead atoms. The molecule has 11 heteroatoms. The summed E-state index contributed by atoms with van der Waals surface area (Å²) in [6, 6.07) is 10.3. The monoisotopic (exact) mass is 426 g/mol. The van der Waals surface area contributed by atoms with Crippen LogP contribution in [0.3, 0.4) is 0 Å². The lowest BCUT2D eigenvalue weighted by molar-refractivity contribution is 0.251. The van der Waals surface area contributed by atoms with Crippen molar-refractivity contribution in [1.82, 2.24) is 5.32 Å². The van der Waals surface area contributed by atoms with Crippen LogP contribution in [0.25, 0.3) is 0 Å². The molecule has 0 aliphatic rings. The minimum Gasteiger partial charge on any atom is -0.338 e. The average molecular weight is 427 g/mol. The molecule has 0 aliphatic heterocycles. The molecular formula is C17H22N4O5S2. The van der Waals surface area contributed by atoms with Gasteiger partial charge < -0.3 is 10.6 Å². The Morgan fingerprint density at radius 1 is 0.893 bits per heavy atom. The van der Waals surface area contributed by atoms with Crippen molar-refractivity contribution in [2.24, 2.45) is 11.1 Å². The number of carbonyl (C=O) groups excluding carboxylic acids is 1. The fourth-order valence-electron chi connectivity index (χ4n) is 2.12. The van der Waals surface area contributed by atoms with E-state index < -0.39 is 20.0 Å². The molecule has 0 fully saturated rings. The van der Waals surface area contributed by atoms with Gasteiger partial charge in [0.15, 0.2) is 0 Å². The van der Waals surface area contributed by atoms with Crippen LogP contribution in [0, 0.1) is 5.92 Å². The Balaban J connectivity index is 2.06. The first kappa shape index (κ1) is 21.7. The zero-order chi connectivity index (χ0) is 20.9. The van der Waals surface area contributed by atoms with Gasteiger partial charge in [-0.05, 0) is 54.4 Å². The normalized spacial score (nSPS) is 11.9. The van der Waals surface area contributed by atoms with E-state index in [0.29, 0.717) is 18.2 Å². The predicted molar refractivity (Wildman–Crippen MR) is 107 cm³/mol. The van der Waals surface area contributed by atoms with E-state index in [4.69, 9.17) is 5.14 Å². The van der Waals surface area contributed by atoms with Crippen molar-refractivity contribution >= 4 is 37.5 Å². The van der Waals surface area contributed by atoms with Gasteiger partial charge in [-0.25, -0.2) is 26.8 Å². The van der Waals surface area contributed by atoms with Crippen molar-refractivity contribution < 1.29 is 21.6 Å². The lowest BCUT2D eigenvalue weighted by atomic mass is 10.2. The van der Waals surface area contributed by atoms with E-state index in [-0.39, 0.29) is 21.5 Å². The highest BCUT2D eigenvalue weighted by molar-refractivity contribution is 7.92. The number of sulfonamides is 2. The summed E-state index contributed by atoms with van der Waals surface area (Å²) >= 11 is 0. The van der Waals surface area contributed by atoms with Crippen LogP contribution >= 0.6 is 0 Å². The van der Waals surface area contributed by atoms with Gasteiger partial charge in [-0.3, -0.25) is 4.72 Å². The number of carbonyl (C=O) groups is 1. The van der Waals surface area contributed by atoms with E-state index in [1.807, 2.05) is 13.8 Å². The van der Waals surface area contributed by atoms with Gasteiger partial charge in [0.1, 0.15) is 0 Å². The van der Waals surface area contributed by atoms with Crippen LogP contribution < -0.4 is 20.5 Å². The van der Waals surface area contributed by atoms with Gasteiger partial charge >= 0.3 is 6.03 Å². The number of benzene rings is 2. The number of hydrogen-bond acceptors (Lipinski definition) is 5. The molecule has 0 heterocycles. The van der Waals surface area contributed by atoms with Crippen molar-refractivity contribution in [2.45, 2.75) is 23.6 Å². The molecule has 2 amide bonds. The van der Waals surface area contributed by atoms with Crippen LogP contribution in [0.15, 0.2) is 58.3 Å². The van der Waals surface area contributed by atoms with E-state index in [0.717, 1.165) is 0 Å². The summed E-state index contributed by atoms with van der Waals surface area (Å²) in [6.45, 7) is 4.46. The van der Waals surface area contributed by atoms with Crippen molar-refractivity contribution in [1.29, 1.82) is 0 Å². The number of urea groups is 1. The maximum absolute atomic E-state index is 12.4. The predicted octanol–water partition coefficient (Wildman–Crippen LogP) is 1.91. The Hall–Kier alpha value is -2.63. The Bertz CT molecular complexity index is 1030. The third-order valence-electron chi connectivity index (χ3n) is 3.53. The highest BCUT2D eigenvalue weighted by Crippen LogP contribution is 2.19. The molecule has 0 saturated carbocycles. The molecule has 9 nitrogen and oxygen atoms in total. The summed E-state index contributed by atoms with van der Waals surface area (Å²) in [5.41, 5.74) is 0.625. The fraction of sp³-hybridized carbons (Fsp3) is 0.235. The molecule has 0 spiro atoms. The van der Waals surface area contributed by atoms with Gasteiger partial charge in [-0.15, -0.1) is 0 Å². The number of anilines is 2. The molecule has 2 aromatic rings. The summed E-state index contributed by atoms with van der Waals surface area (Å²) in [5.74, 6) is 0.309. The number of nitrogens with one attached hydrogen (secondary N) is 3. The molecule has 2 rings (SSSR count). The van der Waals surface area contributed by atoms with Crippen LogP contribution in [0.1, 0.15) is 13.8 Å². The molecular weight excluding hydrogens is 404 g/mol. The largest absolute Gasteiger partial charge is 0.338 e. The zero-order valence-corrected chi connectivity index (χ0v) is 17.0. The summed E-state index contributed by atoms with van der Waals surface area (Å²) in [4.78, 5) is 11.6. The van der Waals surface area contributed by atoms with Crippen LogP contribution in [0.5, 0.6) is 0 Å². The number of primary sulfonamides is 1. The summed E-state index contributed by atoms with van der Waals surface area (Å²) in [5, 5.41) is 10.3. The molecule has 5 N–H and O–H groups in total. The van der Waals surface area contributed by atoms with Gasteiger partial charge in [-0.2, -0.15) is 0 Å². The molecule has 152 valence electrons. The fourth-order valence-corrected chi connectivity index (χ4v) is 3.69. The molecule has 0 unspecified atom stereocenters. The maximum atomic E-state index is 12.4. The first-order chi connectivity index (χ1) is 13.0. The number of nitrogens with two attached hydrogens (primary N) is 1. The third kappa shape index (κ3) is 6.22. The van der Waals surface area contributed by atoms with Crippen molar-refractivity contribution in [3.63, 3.8) is 0 Å². The van der Waals surface area contributed by atoms with Gasteiger partial charge in [0.05, 0.1) is 9.79 Å². The molecule has 2 aromatic carbocycles. The van der Waals surface area contributed by atoms with Gasteiger partial charge in [0.25, 0.3) is 10.0 Å². The standard InChI is InChI=1S/C17H22N4O5S2/c1-12(2)11-19-17(22)20-13-3-9-16(10-4-13)28(25,26)21-14-5-7-15(8-6-14)27(18,23)24/h3-10,12,21H,11H2,1-2H3,(H2,18,23,24)(H2,19,20,22). The topological polar surface area (TPSA) is 147 Å². The lowest BCUT2D eigenvalue weighted by Crippen LogP contribution is -2.31. The zero-order valence-electron chi connectivity index (χ0n) is 15.3. The van der Waals surface area contributed by atoms with Crippen molar-refractivity contribution in [3.8, 4) is 0 Å². The summed E-state index contributed by atoms with van der Waals surface area (Å²) < 4.78 is 49.7. The number of hydrogen-bond donors (Lipinski definition) is 4. The van der Waals surface area contributed by atoms with E-state index >= 15 is 0 Å². The van der Waals surface area contributed by atoms with E-state index in [9.17, 15) is 21.6 Å². The highest BCUT2D eigenvalue weighted by Gasteiger charge is 2.15. The molecule has 0 aliphatic carbocycles. The summed E-state index contributed by atoms with van der Waals surface area (Å²) in [6.07, 6.45) is 0. The quantitative estimate of drug-likeness (QED) is 0.534. The molecule has 0 saturated heterocycles. The Morgan fingerprint density at radius 2 is 1.39 bits per heavy atom. The summed E-state index contributed by atoms with van der Waals surface area (Å²) in [7, 11) is -7.74.